The van der Waals surface area contributed by atoms with Crippen LogP contribution in [0, 0.1) is 5.92 Å². The molecule has 0 aromatic carbocycles. The quantitative estimate of drug-likeness (QED) is 0.470. The van der Waals surface area contributed by atoms with E-state index in [0.29, 0.717) is 12.5 Å². The number of ether oxygens (including phenoxy) is 2. The molecular weight excluding hydrogens is 334 g/mol. The Labute approximate surface area is 150 Å². The first-order chi connectivity index (χ1) is 12.7. The fraction of sp³-hybridized carbons (Fsp3) is 0.316. The first-order valence-electron chi connectivity index (χ1n) is 8.69. The molecule has 2 aliphatic rings. The van der Waals surface area contributed by atoms with Gasteiger partial charge in [-0.15, -0.1) is 0 Å². The van der Waals surface area contributed by atoms with E-state index in [1.54, 1.807) is 25.4 Å². The van der Waals surface area contributed by atoms with Gasteiger partial charge in [0.1, 0.15) is 5.65 Å². The van der Waals surface area contributed by atoms with Gasteiger partial charge >= 0.3 is 5.97 Å². The van der Waals surface area contributed by atoms with E-state index in [-0.39, 0.29) is 23.8 Å². The zero-order valence-corrected chi connectivity index (χ0v) is 14.4. The van der Waals surface area contributed by atoms with Crippen LogP contribution >= 0.6 is 0 Å². The average Bonchev–Trinajstić information content (AvgIpc) is 3.31. The molecule has 0 radical (unpaired) electrons. The van der Waals surface area contributed by atoms with Gasteiger partial charge in [-0.2, -0.15) is 0 Å². The maximum absolute atomic E-state index is 12.7. The number of ketones is 1. The molecule has 0 unspecified atom stereocenters. The second-order valence-electron chi connectivity index (χ2n) is 6.33. The maximum atomic E-state index is 12.7. The fourth-order valence-corrected chi connectivity index (χ4v) is 2.84. The SMILES string of the molecule is CCOC(=O)C1=C(NCC2CC2)OC(=Cc2c[nH]c3ncccc23)C1=O. The van der Waals surface area contributed by atoms with Crippen molar-refractivity contribution in [2.45, 2.75) is 19.8 Å². The molecule has 7 heteroatoms. The minimum atomic E-state index is -0.667. The Balaban J connectivity index is 1.64. The predicted octanol–water partition coefficient (Wildman–Crippen LogP) is 2.28. The van der Waals surface area contributed by atoms with E-state index in [0.717, 1.165) is 29.4 Å². The van der Waals surface area contributed by atoms with E-state index < -0.39 is 11.8 Å². The number of aromatic amines is 1. The van der Waals surface area contributed by atoms with Crippen LogP contribution in [0.5, 0.6) is 0 Å². The molecule has 1 fully saturated rings. The number of hydrogen-bond acceptors (Lipinski definition) is 6. The molecular formula is C19H19N3O4. The predicted molar refractivity (Wildman–Crippen MR) is 94.5 cm³/mol. The summed E-state index contributed by atoms with van der Waals surface area (Å²) in [7, 11) is 0. The van der Waals surface area contributed by atoms with E-state index in [2.05, 4.69) is 15.3 Å². The number of hydrogen-bond donors (Lipinski definition) is 2. The monoisotopic (exact) mass is 353 g/mol. The first-order valence-corrected chi connectivity index (χ1v) is 8.69. The van der Waals surface area contributed by atoms with Gasteiger partial charge in [-0.1, -0.05) is 0 Å². The second kappa shape index (κ2) is 6.67. The maximum Gasteiger partial charge on any atom is 0.347 e. The number of nitrogens with zero attached hydrogens (tertiary/aromatic N) is 1. The molecule has 4 rings (SSSR count). The highest BCUT2D eigenvalue weighted by molar-refractivity contribution is 6.26. The summed E-state index contributed by atoms with van der Waals surface area (Å²) in [6.07, 6.45) is 7.35. The van der Waals surface area contributed by atoms with Crippen LogP contribution in [0.1, 0.15) is 25.3 Å². The molecule has 0 amide bonds. The van der Waals surface area contributed by atoms with E-state index in [1.165, 1.54) is 0 Å². The van der Waals surface area contributed by atoms with Crippen molar-refractivity contribution in [2.75, 3.05) is 13.2 Å². The highest BCUT2D eigenvalue weighted by Crippen LogP contribution is 2.31. The van der Waals surface area contributed by atoms with Crippen LogP contribution in [0.25, 0.3) is 17.1 Å². The summed E-state index contributed by atoms with van der Waals surface area (Å²) >= 11 is 0. The number of aromatic nitrogens is 2. The van der Waals surface area contributed by atoms with Crippen molar-refractivity contribution < 1.29 is 19.1 Å². The molecule has 1 aliphatic heterocycles. The van der Waals surface area contributed by atoms with Crippen LogP contribution < -0.4 is 5.32 Å². The van der Waals surface area contributed by atoms with Crippen molar-refractivity contribution in [1.82, 2.24) is 15.3 Å². The van der Waals surface area contributed by atoms with Crippen molar-refractivity contribution >= 4 is 28.9 Å². The third kappa shape index (κ3) is 3.08. The number of pyridine rings is 1. The summed E-state index contributed by atoms with van der Waals surface area (Å²) < 4.78 is 10.7. The third-order valence-electron chi connectivity index (χ3n) is 4.39. The van der Waals surface area contributed by atoms with Gasteiger partial charge in [-0.3, -0.25) is 4.79 Å². The van der Waals surface area contributed by atoms with E-state index in [1.807, 2.05) is 12.1 Å². The van der Waals surface area contributed by atoms with Crippen LogP contribution in [-0.2, 0) is 19.1 Å². The van der Waals surface area contributed by atoms with Crippen molar-refractivity contribution in [3.8, 4) is 0 Å². The Morgan fingerprint density at radius 1 is 1.50 bits per heavy atom. The summed E-state index contributed by atoms with van der Waals surface area (Å²) in [5.41, 5.74) is 1.41. The summed E-state index contributed by atoms with van der Waals surface area (Å²) in [6.45, 7) is 2.57. The Kier molecular flexibility index (Phi) is 4.20. The van der Waals surface area contributed by atoms with Crippen molar-refractivity contribution in [2.24, 2.45) is 5.92 Å². The lowest BCUT2D eigenvalue weighted by atomic mass is 10.1. The van der Waals surface area contributed by atoms with Gasteiger partial charge in [0.2, 0.25) is 11.7 Å². The zero-order valence-electron chi connectivity index (χ0n) is 14.4. The molecule has 1 aliphatic carbocycles. The van der Waals surface area contributed by atoms with Gasteiger partial charge in [-0.25, -0.2) is 9.78 Å². The number of carbonyl (C=O) groups excluding carboxylic acids is 2. The molecule has 0 atom stereocenters. The Morgan fingerprint density at radius 3 is 3.12 bits per heavy atom. The summed E-state index contributed by atoms with van der Waals surface area (Å²) in [6, 6.07) is 3.72. The van der Waals surface area contributed by atoms with Gasteiger partial charge < -0.3 is 19.8 Å². The minimum Gasteiger partial charge on any atom is -0.462 e. The number of Topliss-reactive ketones (excluding diaryl/α,β-unsaturated/α-hetero) is 1. The van der Waals surface area contributed by atoms with E-state index in [4.69, 9.17) is 9.47 Å². The molecule has 2 aromatic rings. The molecule has 0 spiro atoms. The minimum absolute atomic E-state index is 0.0725. The van der Waals surface area contributed by atoms with Crippen molar-refractivity contribution in [1.29, 1.82) is 0 Å². The van der Waals surface area contributed by atoms with Crippen LogP contribution in [0.2, 0.25) is 0 Å². The standard InChI is InChI=1S/C19H19N3O4/c1-2-25-19(24)15-16(23)14(26-18(15)22-9-11-5-6-11)8-12-10-21-17-13(12)4-3-7-20-17/h3-4,7-8,10-11,22H,2,5-6,9H2,1H3,(H,20,21). The molecule has 26 heavy (non-hydrogen) atoms. The summed E-state index contributed by atoms with van der Waals surface area (Å²) in [4.78, 5) is 32.2. The summed E-state index contributed by atoms with van der Waals surface area (Å²) in [5.74, 6) is -0.294. The molecule has 2 aromatic heterocycles. The molecule has 3 heterocycles. The number of nitrogens with one attached hydrogen (secondary N) is 2. The highest BCUT2D eigenvalue weighted by Gasteiger charge is 2.37. The molecule has 0 saturated heterocycles. The number of H-pyrrole nitrogens is 1. The van der Waals surface area contributed by atoms with Crippen LogP contribution in [0.4, 0.5) is 0 Å². The van der Waals surface area contributed by atoms with Crippen molar-refractivity contribution in [3.63, 3.8) is 0 Å². The molecule has 134 valence electrons. The molecule has 7 nitrogen and oxygen atoms in total. The topological polar surface area (TPSA) is 93.3 Å². The lowest BCUT2D eigenvalue weighted by Gasteiger charge is -2.07. The second-order valence-corrected chi connectivity index (χ2v) is 6.33. The Hall–Kier alpha value is -3.09. The number of carbonyl (C=O) groups is 2. The summed E-state index contributed by atoms with van der Waals surface area (Å²) in [5, 5.41) is 3.95. The van der Waals surface area contributed by atoms with Crippen LogP contribution in [0.15, 0.2) is 41.7 Å². The smallest absolute Gasteiger partial charge is 0.347 e. The van der Waals surface area contributed by atoms with Crippen LogP contribution in [0.3, 0.4) is 0 Å². The number of allylic oxidation sites excluding steroid dienone is 1. The van der Waals surface area contributed by atoms with Gasteiger partial charge in [0, 0.05) is 29.9 Å². The number of fused-ring (bicyclic) bond motifs is 1. The molecule has 0 bridgehead atoms. The number of esters is 1. The fourth-order valence-electron chi connectivity index (χ4n) is 2.84. The Morgan fingerprint density at radius 2 is 2.35 bits per heavy atom. The lowest BCUT2D eigenvalue weighted by Crippen LogP contribution is -2.21. The van der Waals surface area contributed by atoms with Gasteiger partial charge in [-0.05, 0) is 43.9 Å². The van der Waals surface area contributed by atoms with Gasteiger partial charge in [0.15, 0.2) is 11.3 Å². The van der Waals surface area contributed by atoms with Gasteiger partial charge in [0.25, 0.3) is 0 Å². The van der Waals surface area contributed by atoms with Crippen LogP contribution in [-0.4, -0.2) is 34.9 Å². The highest BCUT2D eigenvalue weighted by atomic mass is 16.5. The number of rotatable bonds is 6. The Bertz CT molecular complexity index is 937. The van der Waals surface area contributed by atoms with Crippen molar-refractivity contribution in [3.05, 3.63) is 47.3 Å². The van der Waals surface area contributed by atoms with Gasteiger partial charge in [0.05, 0.1) is 6.61 Å². The zero-order chi connectivity index (χ0) is 18.1. The lowest BCUT2D eigenvalue weighted by molar-refractivity contribution is -0.139. The van der Waals surface area contributed by atoms with E-state index >= 15 is 0 Å². The first kappa shape index (κ1) is 16.4. The third-order valence-corrected chi connectivity index (χ3v) is 4.39. The molecule has 1 saturated carbocycles. The molecule has 2 N–H and O–H groups in total. The van der Waals surface area contributed by atoms with E-state index in [9.17, 15) is 9.59 Å². The average molecular weight is 353 g/mol. The normalized spacial score (nSPS) is 18.5. The largest absolute Gasteiger partial charge is 0.462 e.